The average Bonchev–Trinajstić information content (AvgIpc) is 3.15. The van der Waals surface area contributed by atoms with Crippen molar-refractivity contribution in [2.45, 2.75) is 6.18 Å². The van der Waals surface area contributed by atoms with Gasteiger partial charge in [0.25, 0.3) is 5.91 Å². The molecule has 0 radical (unpaired) electrons. The number of amides is 1. The molecular formula is C19H14F5N5OS. The molecule has 0 atom stereocenters. The number of nitrogens with two attached hydrogens (primary N) is 2. The predicted molar refractivity (Wildman–Crippen MR) is 107 cm³/mol. The number of hydrogen-bond donors (Lipinski definition) is 2. The van der Waals surface area contributed by atoms with Crippen LogP contribution < -0.4 is 16.4 Å². The van der Waals surface area contributed by atoms with Crippen LogP contribution in [-0.4, -0.2) is 23.4 Å². The topological polar surface area (TPSA) is 97.6 Å². The van der Waals surface area contributed by atoms with E-state index in [1.807, 2.05) is 0 Å². The van der Waals surface area contributed by atoms with Gasteiger partial charge in [-0.25, -0.2) is 18.8 Å². The minimum absolute atomic E-state index is 0.00654. The number of carbonyl (C=O) groups excluding carboxylic acids is 1. The molecule has 0 bridgehead atoms. The van der Waals surface area contributed by atoms with Crippen molar-refractivity contribution in [1.82, 2.24) is 4.98 Å². The number of nitrogens with zero attached hydrogens (tertiary/aromatic N) is 3. The summed E-state index contributed by atoms with van der Waals surface area (Å²) in [6.45, 7) is -0.497. The highest BCUT2D eigenvalue weighted by Gasteiger charge is 2.31. The van der Waals surface area contributed by atoms with Crippen LogP contribution in [0.1, 0.15) is 5.56 Å². The van der Waals surface area contributed by atoms with Gasteiger partial charge >= 0.3 is 6.18 Å². The van der Waals surface area contributed by atoms with Crippen molar-refractivity contribution in [3.05, 3.63) is 65.0 Å². The number of anilines is 2. The van der Waals surface area contributed by atoms with E-state index in [1.54, 1.807) is 0 Å². The predicted octanol–water partition coefficient (Wildman–Crippen LogP) is 4.05. The summed E-state index contributed by atoms with van der Waals surface area (Å²) in [6.07, 6.45) is -4.56. The van der Waals surface area contributed by atoms with Crippen molar-refractivity contribution in [2.24, 2.45) is 16.5 Å². The maximum atomic E-state index is 14.1. The molecule has 2 aromatic carbocycles. The van der Waals surface area contributed by atoms with Crippen LogP contribution in [0.3, 0.4) is 0 Å². The number of aliphatic imine (C=N–C) groups is 1. The van der Waals surface area contributed by atoms with Crippen LogP contribution in [0.25, 0.3) is 11.3 Å². The molecular weight excluding hydrogens is 441 g/mol. The summed E-state index contributed by atoms with van der Waals surface area (Å²) < 4.78 is 65.9. The molecule has 1 heterocycles. The van der Waals surface area contributed by atoms with E-state index in [4.69, 9.17) is 11.5 Å². The fourth-order valence-corrected chi connectivity index (χ4v) is 3.44. The highest BCUT2D eigenvalue weighted by molar-refractivity contribution is 7.14. The van der Waals surface area contributed by atoms with Gasteiger partial charge in [-0.1, -0.05) is 0 Å². The first kappa shape index (κ1) is 22.2. The SMILES string of the molecule is NC(N)=NCC(=O)N(c1ccc(C(F)(F)F)cc1)c1nc(-c2ccc(F)cc2F)cs1. The molecule has 3 aromatic rings. The van der Waals surface area contributed by atoms with E-state index >= 15 is 0 Å². The van der Waals surface area contributed by atoms with Crippen molar-refractivity contribution in [2.75, 3.05) is 11.4 Å². The van der Waals surface area contributed by atoms with E-state index < -0.39 is 35.8 Å². The lowest BCUT2D eigenvalue weighted by molar-refractivity contribution is -0.137. The zero-order chi connectivity index (χ0) is 22.8. The lowest BCUT2D eigenvalue weighted by Crippen LogP contribution is -2.31. The number of aromatic nitrogens is 1. The molecule has 0 aliphatic heterocycles. The molecule has 0 aliphatic carbocycles. The molecule has 3 rings (SSSR count). The third-order valence-corrected chi connectivity index (χ3v) is 4.82. The lowest BCUT2D eigenvalue weighted by atomic mass is 10.1. The zero-order valence-corrected chi connectivity index (χ0v) is 16.3. The van der Waals surface area contributed by atoms with Gasteiger partial charge in [0, 0.05) is 17.0 Å². The third kappa shape index (κ3) is 5.15. The van der Waals surface area contributed by atoms with Crippen LogP contribution in [0.15, 0.2) is 52.8 Å². The Kier molecular flexibility index (Phi) is 6.20. The fraction of sp³-hybridized carbons (Fsp3) is 0.105. The molecule has 0 saturated carbocycles. The summed E-state index contributed by atoms with van der Waals surface area (Å²) in [6, 6.07) is 6.73. The number of halogens is 5. The summed E-state index contributed by atoms with van der Waals surface area (Å²) in [5.41, 5.74) is 9.76. The van der Waals surface area contributed by atoms with Gasteiger partial charge in [0.05, 0.1) is 16.9 Å². The van der Waals surface area contributed by atoms with Gasteiger partial charge in [0.15, 0.2) is 11.1 Å². The number of guanidine groups is 1. The van der Waals surface area contributed by atoms with Crippen LogP contribution in [0.5, 0.6) is 0 Å². The zero-order valence-electron chi connectivity index (χ0n) is 15.5. The summed E-state index contributed by atoms with van der Waals surface area (Å²) in [4.78, 5) is 21.5. The highest BCUT2D eigenvalue weighted by atomic mass is 32.1. The van der Waals surface area contributed by atoms with Crippen LogP contribution in [0, 0.1) is 11.6 Å². The Bertz CT molecular complexity index is 1120. The van der Waals surface area contributed by atoms with Crippen molar-refractivity contribution in [3.63, 3.8) is 0 Å². The van der Waals surface area contributed by atoms with Crippen molar-refractivity contribution < 1.29 is 26.7 Å². The van der Waals surface area contributed by atoms with Crippen molar-refractivity contribution in [3.8, 4) is 11.3 Å². The Morgan fingerprint density at radius 2 is 1.77 bits per heavy atom. The second kappa shape index (κ2) is 8.68. The quantitative estimate of drug-likeness (QED) is 0.345. The van der Waals surface area contributed by atoms with Crippen LogP contribution >= 0.6 is 11.3 Å². The first-order valence-corrected chi connectivity index (χ1v) is 9.41. The molecule has 0 fully saturated rings. The Labute approximate surface area is 176 Å². The Hall–Kier alpha value is -3.54. The molecule has 0 saturated heterocycles. The standard InChI is InChI=1S/C19H14F5N5OS/c20-11-3-6-13(14(21)7-11)15-9-31-18(28-15)29(16(30)8-27-17(25)26)12-4-1-10(2-5-12)19(22,23)24/h1-7,9H,8H2,(H4,25,26,27). The number of hydrogen-bond acceptors (Lipinski definition) is 4. The number of benzene rings is 2. The number of rotatable bonds is 5. The smallest absolute Gasteiger partial charge is 0.370 e. The third-order valence-electron chi connectivity index (χ3n) is 3.99. The normalized spacial score (nSPS) is 11.3. The summed E-state index contributed by atoms with van der Waals surface area (Å²) in [5, 5.41) is 1.46. The molecule has 1 aromatic heterocycles. The summed E-state index contributed by atoms with van der Waals surface area (Å²) in [5.74, 6) is -2.66. The largest absolute Gasteiger partial charge is 0.416 e. The second-order valence-electron chi connectivity index (χ2n) is 6.15. The van der Waals surface area contributed by atoms with Crippen molar-refractivity contribution in [1.29, 1.82) is 0 Å². The summed E-state index contributed by atoms with van der Waals surface area (Å²) >= 11 is 0.933. The molecule has 0 unspecified atom stereocenters. The molecule has 6 nitrogen and oxygen atoms in total. The van der Waals surface area contributed by atoms with Gasteiger partial charge in [0.2, 0.25) is 0 Å². The molecule has 4 N–H and O–H groups in total. The van der Waals surface area contributed by atoms with Crippen molar-refractivity contribution >= 4 is 34.0 Å². The first-order chi connectivity index (χ1) is 14.6. The molecule has 1 amide bonds. The van der Waals surface area contributed by atoms with Crippen LogP contribution in [0.2, 0.25) is 0 Å². The van der Waals surface area contributed by atoms with Crippen LogP contribution in [0.4, 0.5) is 32.8 Å². The second-order valence-corrected chi connectivity index (χ2v) is 6.99. The van der Waals surface area contributed by atoms with E-state index in [1.165, 1.54) is 11.4 Å². The Balaban J connectivity index is 2.02. The number of carbonyl (C=O) groups is 1. The molecule has 12 heteroatoms. The Morgan fingerprint density at radius 3 is 2.35 bits per heavy atom. The number of thiazole rings is 1. The van der Waals surface area contributed by atoms with E-state index in [2.05, 4.69) is 9.98 Å². The van der Waals surface area contributed by atoms with Gasteiger partial charge in [-0.3, -0.25) is 9.69 Å². The van der Waals surface area contributed by atoms with Gasteiger partial charge in [0.1, 0.15) is 18.2 Å². The Morgan fingerprint density at radius 1 is 1.10 bits per heavy atom. The van der Waals surface area contributed by atoms with Gasteiger partial charge in [-0.15, -0.1) is 11.3 Å². The van der Waals surface area contributed by atoms with E-state index in [9.17, 15) is 26.7 Å². The van der Waals surface area contributed by atoms with Gasteiger partial charge < -0.3 is 11.5 Å². The first-order valence-electron chi connectivity index (χ1n) is 8.53. The highest BCUT2D eigenvalue weighted by Crippen LogP contribution is 2.35. The maximum absolute atomic E-state index is 14.1. The average molecular weight is 455 g/mol. The monoisotopic (exact) mass is 455 g/mol. The fourth-order valence-electron chi connectivity index (χ4n) is 2.58. The van der Waals surface area contributed by atoms with Gasteiger partial charge in [-0.2, -0.15) is 13.2 Å². The van der Waals surface area contributed by atoms with E-state index in [-0.39, 0.29) is 28.0 Å². The van der Waals surface area contributed by atoms with E-state index in [0.29, 0.717) is 6.07 Å². The minimum Gasteiger partial charge on any atom is -0.370 e. The molecule has 31 heavy (non-hydrogen) atoms. The van der Waals surface area contributed by atoms with Crippen LogP contribution in [-0.2, 0) is 11.0 Å². The maximum Gasteiger partial charge on any atom is 0.416 e. The molecule has 0 spiro atoms. The minimum atomic E-state index is -4.56. The lowest BCUT2D eigenvalue weighted by Gasteiger charge is -2.20. The molecule has 0 aliphatic rings. The molecule has 162 valence electrons. The summed E-state index contributed by atoms with van der Waals surface area (Å²) in [7, 11) is 0. The number of alkyl halides is 3. The van der Waals surface area contributed by atoms with Gasteiger partial charge in [-0.05, 0) is 36.4 Å². The van der Waals surface area contributed by atoms with E-state index in [0.717, 1.165) is 46.6 Å².